The van der Waals surface area contributed by atoms with E-state index in [1.807, 2.05) is 0 Å². The standard InChI is InChI=1S/C12H7Cl2NO2/c13-8-1-3-9(4-2-8)15-12-10(7-16)11(14)5-6-17-12/h1-7H. The van der Waals surface area contributed by atoms with E-state index >= 15 is 0 Å². The maximum absolute atomic E-state index is 10.9. The first kappa shape index (κ1) is 11.9. The molecule has 17 heavy (non-hydrogen) atoms. The van der Waals surface area contributed by atoms with Crippen LogP contribution >= 0.6 is 23.2 Å². The summed E-state index contributed by atoms with van der Waals surface area (Å²) in [6.07, 6.45) is 1.99. The molecule has 2 rings (SSSR count). The van der Waals surface area contributed by atoms with E-state index in [0.29, 0.717) is 22.0 Å². The Morgan fingerprint density at radius 2 is 1.82 bits per heavy atom. The molecule has 86 valence electrons. The summed E-state index contributed by atoms with van der Waals surface area (Å²) in [5, 5.41) is 0.918. The second-order valence-electron chi connectivity index (χ2n) is 3.19. The van der Waals surface area contributed by atoms with Gasteiger partial charge in [0.25, 0.3) is 0 Å². The van der Waals surface area contributed by atoms with Gasteiger partial charge in [-0.15, -0.1) is 0 Å². The number of aldehydes is 1. The fraction of sp³-hybridized carbons (Fsp3) is 0. The number of hydrogen-bond acceptors (Lipinski definition) is 3. The topological polar surface area (TPSA) is 42.6 Å². The van der Waals surface area contributed by atoms with Crippen molar-refractivity contribution in [3.05, 3.63) is 57.8 Å². The predicted molar refractivity (Wildman–Crippen MR) is 65.8 cm³/mol. The first-order chi connectivity index (χ1) is 8.20. The Bertz CT molecular complexity index is 603. The summed E-state index contributed by atoms with van der Waals surface area (Å²) in [5.41, 5.74) is 1.03. The number of benzene rings is 1. The Hall–Kier alpha value is -1.58. The van der Waals surface area contributed by atoms with Crippen LogP contribution in [0.3, 0.4) is 0 Å². The van der Waals surface area contributed by atoms with Gasteiger partial charge in [-0.25, -0.2) is 4.99 Å². The van der Waals surface area contributed by atoms with Gasteiger partial charge in [-0.3, -0.25) is 4.79 Å². The molecule has 0 radical (unpaired) electrons. The number of nitrogens with zero attached hydrogens (tertiary/aromatic N) is 1. The Balaban J connectivity index is 2.57. The van der Waals surface area contributed by atoms with E-state index in [2.05, 4.69) is 4.99 Å². The highest BCUT2D eigenvalue weighted by Gasteiger charge is 2.03. The molecule has 0 unspecified atom stereocenters. The van der Waals surface area contributed by atoms with Gasteiger partial charge < -0.3 is 4.42 Å². The van der Waals surface area contributed by atoms with Crippen LogP contribution in [-0.2, 0) is 0 Å². The fourth-order valence-electron chi connectivity index (χ4n) is 1.24. The summed E-state index contributed by atoms with van der Waals surface area (Å²) in [5.74, 6) is 0. The Kier molecular flexibility index (Phi) is 3.61. The maximum atomic E-state index is 10.9. The molecular weight excluding hydrogens is 261 g/mol. The third-order valence-corrected chi connectivity index (χ3v) is 2.64. The number of hydrogen-bond donors (Lipinski definition) is 0. The Morgan fingerprint density at radius 3 is 2.47 bits per heavy atom. The molecule has 0 aliphatic rings. The van der Waals surface area contributed by atoms with Crippen molar-refractivity contribution in [2.45, 2.75) is 0 Å². The molecule has 0 N–H and O–H groups in total. The van der Waals surface area contributed by atoms with E-state index in [1.54, 1.807) is 24.3 Å². The lowest BCUT2D eigenvalue weighted by atomic mass is 10.3. The summed E-state index contributed by atoms with van der Waals surface area (Å²) in [6.45, 7) is 0. The quantitative estimate of drug-likeness (QED) is 0.780. The monoisotopic (exact) mass is 267 g/mol. The third kappa shape index (κ3) is 2.75. The van der Waals surface area contributed by atoms with Gasteiger partial charge in [0.2, 0.25) is 5.55 Å². The van der Waals surface area contributed by atoms with Crippen LogP contribution in [0.25, 0.3) is 0 Å². The van der Waals surface area contributed by atoms with Gasteiger partial charge in [-0.05, 0) is 30.3 Å². The predicted octanol–water partition coefficient (Wildman–Crippen LogP) is 3.63. The van der Waals surface area contributed by atoms with Gasteiger partial charge in [0.15, 0.2) is 6.29 Å². The lowest BCUT2D eigenvalue weighted by molar-refractivity contribution is 0.111. The summed E-state index contributed by atoms with van der Waals surface area (Å²) in [4.78, 5) is 15.0. The van der Waals surface area contributed by atoms with E-state index in [0.717, 1.165) is 0 Å². The lowest BCUT2D eigenvalue weighted by Gasteiger charge is -1.97. The number of halogens is 2. The van der Waals surface area contributed by atoms with E-state index < -0.39 is 0 Å². The van der Waals surface area contributed by atoms with Crippen molar-refractivity contribution in [1.82, 2.24) is 0 Å². The van der Waals surface area contributed by atoms with Crippen LogP contribution in [0.2, 0.25) is 10.0 Å². The van der Waals surface area contributed by atoms with E-state index in [-0.39, 0.29) is 11.1 Å². The molecule has 5 heteroatoms. The average Bonchev–Trinajstić information content (AvgIpc) is 2.32. The molecular formula is C12H7Cl2NO2. The minimum atomic E-state index is 0.176. The minimum Gasteiger partial charge on any atom is -0.446 e. The minimum absolute atomic E-state index is 0.176. The zero-order valence-electron chi connectivity index (χ0n) is 8.56. The van der Waals surface area contributed by atoms with Crippen LogP contribution in [0.1, 0.15) is 10.4 Å². The second kappa shape index (κ2) is 5.17. The first-order valence-corrected chi connectivity index (χ1v) is 5.49. The summed E-state index contributed by atoms with van der Waals surface area (Å²) in [6, 6.07) is 8.32. The average molecular weight is 268 g/mol. The number of carbonyl (C=O) groups excluding carboxylic acids is 1. The second-order valence-corrected chi connectivity index (χ2v) is 4.04. The SMILES string of the molecule is O=Cc1c(Cl)ccoc1=Nc1ccc(Cl)cc1. The van der Waals surface area contributed by atoms with Crippen LogP contribution in [0, 0.1) is 0 Å². The maximum Gasteiger partial charge on any atom is 0.231 e. The van der Waals surface area contributed by atoms with Gasteiger partial charge in [0, 0.05) is 5.02 Å². The van der Waals surface area contributed by atoms with Crippen molar-refractivity contribution in [2.24, 2.45) is 4.99 Å². The smallest absolute Gasteiger partial charge is 0.231 e. The lowest BCUT2D eigenvalue weighted by Crippen LogP contribution is -2.08. The van der Waals surface area contributed by atoms with Crippen LogP contribution < -0.4 is 5.55 Å². The highest BCUT2D eigenvalue weighted by atomic mass is 35.5. The van der Waals surface area contributed by atoms with Crippen LogP contribution in [0.4, 0.5) is 5.69 Å². The van der Waals surface area contributed by atoms with Crippen molar-refractivity contribution >= 4 is 35.2 Å². The Labute approximate surface area is 107 Å². The molecule has 0 aliphatic carbocycles. The first-order valence-electron chi connectivity index (χ1n) is 4.73. The molecule has 0 atom stereocenters. The van der Waals surface area contributed by atoms with Crippen molar-refractivity contribution in [3.63, 3.8) is 0 Å². The fourth-order valence-corrected chi connectivity index (χ4v) is 1.54. The van der Waals surface area contributed by atoms with Crippen LogP contribution in [0.15, 0.2) is 46.0 Å². The summed E-state index contributed by atoms with van der Waals surface area (Å²) < 4.78 is 5.15. The highest BCUT2D eigenvalue weighted by Crippen LogP contribution is 2.16. The normalized spacial score (nSPS) is 11.5. The van der Waals surface area contributed by atoms with Crippen molar-refractivity contribution in [1.29, 1.82) is 0 Å². The van der Waals surface area contributed by atoms with Crippen molar-refractivity contribution in [2.75, 3.05) is 0 Å². The van der Waals surface area contributed by atoms with Gasteiger partial charge in [-0.2, -0.15) is 0 Å². The highest BCUT2D eigenvalue weighted by molar-refractivity contribution is 6.32. The van der Waals surface area contributed by atoms with Crippen molar-refractivity contribution < 1.29 is 9.21 Å². The number of carbonyl (C=O) groups is 1. The molecule has 3 nitrogen and oxygen atoms in total. The zero-order valence-corrected chi connectivity index (χ0v) is 10.1. The van der Waals surface area contributed by atoms with Gasteiger partial charge in [-0.1, -0.05) is 23.2 Å². The van der Waals surface area contributed by atoms with Crippen molar-refractivity contribution in [3.8, 4) is 0 Å². The van der Waals surface area contributed by atoms with Gasteiger partial charge >= 0.3 is 0 Å². The van der Waals surface area contributed by atoms with E-state index in [4.69, 9.17) is 27.6 Å². The summed E-state index contributed by atoms with van der Waals surface area (Å²) in [7, 11) is 0. The van der Waals surface area contributed by atoms with E-state index in [9.17, 15) is 4.79 Å². The third-order valence-electron chi connectivity index (χ3n) is 2.06. The molecule has 0 fully saturated rings. The van der Waals surface area contributed by atoms with Gasteiger partial charge in [0.1, 0.15) is 0 Å². The molecule has 0 spiro atoms. The molecule has 1 aromatic heterocycles. The van der Waals surface area contributed by atoms with Crippen LogP contribution in [-0.4, -0.2) is 6.29 Å². The summed E-state index contributed by atoms with van der Waals surface area (Å²) >= 11 is 11.6. The van der Waals surface area contributed by atoms with Crippen LogP contribution in [0.5, 0.6) is 0 Å². The molecule has 0 aliphatic heterocycles. The zero-order chi connectivity index (χ0) is 12.3. The molecule has 0 saturated carbocycles. The molecule has 2 aromatic rings. The molecule has 0 bridgehead atoms. The molecule has 1 heterocycles. The molecule has 1 aromatic carbocycles. The molecule has 0 amide bonds. The van der Waals surface area contributed by atoms with E-state index in [1.165, 1.54) is 12.3 Å². The molecule has 0 saturated heterocycles. The largest absolute Gasteiger partial charge is 0.446 e. The number of rotatable bonds is 2. The Morgan fingerprint density at radius 1 is 1.12 bits per heavy atom. The van der Waals surface area contributed by atoms with Gasteiger partial charge in [0.05, 0.1) is 22.5 Å².